The number of nitrogens with zero attached hydrogens (tertiary/aromatic N) is 3. The summed E-state index contributed by atoms with van der Waals surface area (Å²) in [7, 11) is 0. The lowest BCUT2D eigenvalue weighted by molar-refractivity contribution is 0.227. The Bertz CT molecular complexity index is 1060. The van der Waals surface area contributed by atoms with Crippen molar-refractivity contribution in [3.8, 4) is 28.3 Å². The van der Waals surface area contributed by atoms with Gasteiger partial charge in [-0.1, -0.05) is 60.7 Å². The van der Waals surface area contributed by atoms with Gasteiger partial charge < -0.3 is 14.4 Å². The number of anilines is 1. The molecule has 0 aliphatic carbocycles. The van der Waals surface area contributed by atoms with Crippen molar-refractivity contribution in [1.29, 1.82) is 0 Å². The van der Waals surface area contributed by atoms with Crippen LogP contribution >= 0.6 is 0 Å². The minimum Gasteiger partial charge on any atom is -0.508 e. The molecule has 1 N–H and O–H groups in total. The number of aromatic hydroxyl groups is 1. The molecule has 1 saturated heterocycles. The van der Waals surface area contributed by atoms with Gasteiger partial charge in [0, 0.05) is 43.0 Å². The van der Waals surface area contributed by atoms with Gasteiger partial charge in [-0.3, -0.25) is 4.90 Å². The van der Waals surface area contributed by atoms with Crippen LogP contribution in [-0.2, 0) is 6.54 Å². The van der Waals surface area contributed by atoms with Crippen LogP contribution in [0.5, 0.6) is 5.75 Å². The zero-order chi connectivity index (χ0) is 21.0. The van der Waals surface area contributed by atoms with Crippen LogP contribution in [0.25, 0.3) is 22.6 Å². The van der Waals surface area contributed by atoms with Gasteiger partial charge in [0.2, 0.25) is 5.89 Å². The molecule has 5 heteroatoms. The summed E-state index contributed by atoms with van der Waals surface area (Å²) in [4.78, 5) is 9.61. The van der Waals surface area contributed by atoms with Crippen molar-refractivity contribution in [1.82, 2.24) is 9.88 Å². The van der Waals surface area contributed by atoms with Crippen molar-refractivity contribution >= 4 is 5.69 Å². The van der Waals surface area contributed by atoms with Crippen molar-refractivity contribution in [2.45, 2.75) is 6.54 Å². The summed E-state index contributed by atoms with van der Waals surface area (Å²) in [5.74, 6) is 1.87. The second kappa shape index (κ2) is 8.66. The molecular formula is C26H25N3O2. The van der Waals surface area contributed by atoms with Crippen LogP contribution in [0.1, 0.15) is 5.89 Å². The molecule has 3 aromatic carbocycles. The second-order valence-electron chi connectivity index (χ2n) is 7.80. The fraction of sp³-hybridized carbons (Fsp3) is 0.192. The fourth-order valence-corrected chi connectivity index (χ4v) is 4.03. The Balaban J connectivity index is 1.33. The second-order valence-corrected chi connectivity index (χ2v) is 7.80. The van der Waals surface area contributed by atoms with E-state index >= 15 is 0 Å². The summed E-state index contributed by atoms with van der Waals surface area (Å²) in [6.07, 6.45) is 0. The highest BCUT2D eigenvalue weighted by Gasteiger charge is 2.22. The highest BCUT2D eigenvalue weighted by molar-refractivity contribution is 5.76. The van der Waals surface area contributed by atoms with Crippen molar-refractivity contribution in [3.63, 3.8) is 0 Å². The van der Waals surface area contributed by atoms with E-state index in [1.54, 1.807) is 12.1 Å². The molecule has 5 nitrogen and oxygen atoms in total. The monoisotopic (exact) mass is 411 g/mol. The van der Waals surface area contributed by atoms with Gasteiger partial charge in [0.1, 0.15) is 11.4 Å². The van der Waals surface area contributed by atoms with Crippen LogP contribution in [0.2, 0.25) is 0 Å². The van der Waals surface area contributed by atoms with Crippen LogP contribution in [-0.4, -0.2) is 41.2 Å². The lowest BCUT2D eigenvalue weighted by Crippen LogP contribution is -2.46. The minimum absolute atomic E-state index is 0.301. The Morgan fingerprint density at radius 1 is 0.742 bits per heavy atom. The first-order valence-electron chi connectivity index (χ1n) is 10.6. The van der Waals surface area contributed by atoms with E-state index in [1.165, 1.54) is 0 Å². The van der Waals surface area contributed by atoms with Crippen molar-refractivity contribution in [2.75, 3.05) is 31.1 Å². The van der Waals surface area contributed by atoms with Crippen LogP contribution in [0.4, 0.5) is 5.69 Å². The molecule has 2 heterocycles. The third-order valence-electron chi connectivity index (χ3n) is 5.70. The molecule has 0 saturated carbocycles. The zero-order valence-corrected chi connectivity index (χ0v) is 17.3. The molecule has 1 aliphatic rings. The van der Waals surface area contributed by atoms with E-state index in [-0.39, 0.29) is 0 Å². The molecule has 0 amide bonds. The summed E-state index contributed by atoms with van der Waals surface area (Å²) in [5.41, 5.74) is 4.14. The maximum Gasteiger partial charge on any atom is 0.209 e. The quantitative estimate of drug-likeness (QED) is 0.499. The molecule has 1 aliphatic heterocycles. The number of hydrogen-bond acceptors (Lipinski definition) is 5. The Kier molecular flexibility index (Phi) is 5.42. The summed E-state index contributed by atoms with van der Waals surface area (Å²) in [6, 6.07) is 27.8. The normalized spacial score (nSPS) is 14.6. The first kappa shape index (κ1) is 19.4. The number of benzene rings is 3. The molecule has 0 spiro atoms. The van der Waals surface area contributed by atoms with Gasteiger partial charge in [-0.2, -0.15) is 0 Å². The van der Waals surface area contributed by atoms with Crippen LogP contribution in [0.3, 0.4) is 0 Å². The van der Waals surface area contributed by atoms with Crippen LogP contribution in [0.15, 0.2) is 89.3 Å². The van der Waals surface area contributed by atoms with E-state index in [4.69, 9.17) is 9.40 Å². The average molecular weight is 412 g/mol. The van der Waals surface area contributed by atoms with E-state index in [0.29, 0.717) is 12.3 Å². The van der Waals surface area contributed by atoms with Gasteiger partial charge in [0.05, 0.1) is 6.54 Å². The minimum atomic E-state index is 0.301. The predicted octanol–water partition coefficient (Wildman–Crippen LogP) is 5.04. The lowest BCUT2D eigenvalue weighted by Gasteiger charge is -2.35. The Labute approximate surface area is 182 Å². The highest BCUT2D eigenvalue weighted by Crippen LogP contribution is 2.33. The van der Waals surface area contributed by atoms with E-state index in [0.717, 1.165) is 60.3 Å². The first-order valence-corrected chi connectivity index (χ1v) is 10.6. The van der Waals surface area contributed by atoms with Crippen molar-refractivity contribution in [2.24, 2.45) is 0 Å². The van der Waals surface area contributed by atoms with E-state index in [9.17, 15) is 5.11 Å². The largest absolute Gasteiger partial charge is 0.508 e. The molecule has 0 radical (unpaired) electrons. The molecule has 1 fully saturated rings. The molecule has 1 aromatic heterocycles. The summed E-state index contributed by atoms with van der Waals surface area (Å²) < 4.78 is 6.29. The molecule has 4 aromatic rings. The number of oxazole rings is 1. The molecule has 156 valence electrons. The number of phenolic OH excluding ortho intramolecular Hbond substituents is 1. The van der Waals surface area contributed by atoms with Gasteiger partial charge in [-0.25, -0.2) is 4.98 Å². The SMILES string of the molecule is Oc1ccc(N2CCN(Cc3nc(-c4ccccc4)c(-c4ccccc4)o3)CC2)cc1. The van der Waals surface area contributed by atoms with Gasteiger partial charge in [-0.05, 0) is 24.3 Å². The number of hydrogen-bond donors (Lipinski definition) is 1. The maximum atomic E-state index is 9.51. The Hall–Kier alpha value is -3.57. The third-order valence-corrected chi connectivity index (χ3v) is 5.70. The number of aromatic nitrogens is 1. The summed E-state index contributed by atoms with van der Waals surface area (Å²) in [5, 5.41) is 9.51. The van der Waals surface area contributed by atoms with Gasteiger partial charge >= 0.3 is 0 Å². The summed E-state index contributed by atoms with van der Waals surface area (Å²) >= 11 is 0. The standard InChI is InChI=1S/C26H25N3O2/c30-23-13-11-22(12-14-23)29-17-15-28(16-18-29)19-24-27-25(20-7-3-1-4-8-20)26(31-24)21-9-5-2-6-10-21/h1-14,30H,15-19H2. The van der Waals surface area contributed by atoms with E-state index in [1.807, 2.05) is 48.5 Å². The Morgan fingerprint density at radius 3 is 2.00 bits per heavy atom. The first-order chi connectivity index (χ1) is 15.3. The highest BCUT2D eigenvalue weighted by atomic mass is 16.4. The molecule has 0 bridgehead atoms. The zero-order valence-electron chi connectivity index (χ0n) is 17.3. The lowest BCUT2D eigenvalue weighted by atomic mass is 10.1. The average Bonchev–Trinajstić information content (AvgIpc) is 3.25. The number of piperazine rings is 1. The molecular weight excluding hydrogens is 386 g/mol. The van der Waals surface area contributed by atoms with Crippen LogP contribution in [0, 0.1) is 0 Å². The van der Waals surface area contributed by atoms with Gasteiger partial charge in [0.15, 0.2) is 5.76 Å². The third kappa shape index (κ3) is 4.32. The Morgan fingerprint density at radius 2 is 1.35 bits per heavy atom. The van der Waals surface area contributed by atoms with Crippen molar-refractivity contribution in [3.05, 3.63) is 90.8 Å². The summed E-state index contributed by atoms with van der Waals surface area (Å²) in [6.45, 7) is 4.43. The van der Waals surface area contributed by atoms with Crippen molar-refractivity contribution < 1.29 is 9.52 Å². The fourth-order valence-electron chi connectivity index (χ4n) is 4.03. The maximum absolute atomic E-state index is 9.51. The predicted molar refractivity (Wildman–Crippen MR) is 123 cm³/mol. The van der Waals surface area contributed by atoms with E-state index in [2.05, 4.69) is 34.1 Å². The van der Waals surface area contributed by atoms with Gasteiger partial charge in [0.25, 0.3) is 0 Å². The smallest absolute Gasteiger partial charge is 0.209 e. The van der Waals surface area contributed by atoms with Crippen LogP contribution < -0.4 is 4.90 Å². The number of rotatable bonds is 5. The molecule has 0 unspecified atom stereocenters. The van der Waals surface area contributed by atoms with E-state index < -0.39 is 0 Å². The molecule has 31 heavy (non-hydrogen) atoms. The molecule has 5 rings (SSSR count). The topological polar surface area (TPSA) is 52.7 Å². The number of phenols is 1. The molecule has 0 atom stereocenters. The van der Waals surface area contributed by atoms with Gasteiger partial charge in [-0.15, -0.1) is 0 Å².